The largest absolute Gasteiger partial charge is 0.396 e. The highest BCUT2D eigenvalue weighted by atomic mass is 32.1. The monoisotopic (exact) mass is 471 g/mol. The van der Waals surface area contributed by atoms with Crippen LogP contribution in [-0.4, -0.2) is 82.7 Å². The lowest BCUT2D eigenvalue weighted by Crippen LogP contribution is -2.50. The van der Waals surface area contributed by atoms with E-state index in [-0.39, 0.29) is 12.5 Å². The van der Waals surface area contributed by atoms with Crippen LogP contribution in [0.3, 0.4) is 0 Å². The first-order valence-electron chi connectivity index (χ1n) is 12.2. The summed E-state index contributed by atoms with van der Waals surface area (Å²) in [5, 5.41) is 10.5. The van der Waals surface area contributed by atoms with Crippen molar-refractivity contribution >= 4 is 33.3 Å². The number of piperidine rings is 2. The molecule has 7 nitrogen and oxygen atoms in total. The number of likely N-dealkylation sites (N-methyl/N-ethyl adjacent to an activating group) is 1. The summed E-state index contributed by atoms with van der Waals surface area (Å²) in [5.74, 6) is 1.41. The lowest BCUT2D eigenvalue weighted by atomic mass is 9.94. The zero-order valence-corrected chi connectivity index (χ0v) is 21.0. The summed E-state index contributed by atoms with van der Waals surface area (Å²) >= 11 is 1.49. The fourth-order valence-electron chi connectivity index (χ4n) is 5.31. The molecule has 0 radical (unpaired) electrons. The van der Waals surface area contributed by atoms with Crippen LogP contribution in [0, 0.1) is 12.8 Å². The van der Waals surface area contributed by atoms with Gasteiger partial charge in [0.2, 0.25) is 0 Å². The molecule has 0 saturated carbocycles. The number of aryl methyl sites for hydroxylation is 1. The van der Waals surface area contributed by atoms with Crippen molar-refractivity contribution in [3.05, 3.63) is 28.9 Å². The highest BCUT2D eigenvalue weighted by Crippen LogP contribution is 2.36. The number of thiophene rings is 1. The number of aromatic nitrogens is 2. The maximum atomic E-state index is 13.5. The van der Waals surface area contributed by atoms with Gasteiger partial charge in [0.05, 0.1) is 10.3 Å². The summed E-state index contributed by atoms with van der Waals surface area (Å²) in [4.78, 5) is 31.0. The molecular formula is C25H37N5O2S. The Labute approximate surface area is 201 Å². The highest BCUT2D eigenvalue weighted by Gasteiger charge is 2.32. The van der Waals surface area contributed by atoms with Gasteiger partial charge in [-0.3, -0.25) is 9.69 Å². The molecule has 33 heavy (non-hydrogen) atoms. The molecule has 180 valence electrons. The van der Waals surface area contributed by atoms with E-state index in [0.717, 1.165) is 97.0 Å². The van der Waals surface area contributed by atoms with Crippen LogP contribution in [0.25, 0.3) is 10.2 Å². The van der Waals surface area contributed by atoms with Gasteiger partial charge in [-0.05, 0) is 64.5 Å². The molecular weight excluding hydrogens is 434 g/mol. The lowest BCUT2D eigenvalue weighted by molar-refractivity contribution is 0.0457. The maximum Gasteiger partial charge on any atom is 0.264 e. The summed E-state index contributed by atoms with van der Waals surface area (Å²) in [5.41, 5.74) is 2.06. The van der Waals surface area contributed by atoms with Crippen LogP contribution in [0.15, 0.2) is 18.5 Å². The van der Waals surface area contributed by atoms with Crippen molar-refractivity contribution < 1.29 is 9.90 Å². The summed E-state index contributed by atoms with van der Waals surface area (Å²) < 4.78 is 0. The van der Waals surface area contributed by atoms with E-state index in [4.69, 9.17) is 0 Å². The van der Waals surface area contributed by atoms with Crippen molar-refractivity contribution in [2.75, 3.05) is 50.8 Å². The highest BCUT2D eigenvalue weighted by molar-refractivity contribution is 7.20. The minimum atomic E-state index is 0.120. The van der Waals surface area contributed by atoms with Gasteiger partial charge < -0.3 is 14.9 Å². The van der Waals surface area contributed by atoms with Gasteiger partial charge in [-0.1, -0.05) is 12.2 Å². The number of hydrogen-bond donors (Lipinski definition) is 1. The Balaban J connectivity index is 1.49. The SMILES string of the molecule is C=C(C)CN(CC)c1ncnc2sc(C(=O)N3CCC(N4CCCC(CO)C4)CC3)c(C)c12. The number of hydrogen-bond acceptors (Lipinski definition) is 7. The van der Waals surface area contributed by atoms with Crippen molar-refractivity contribution in [3.8, 4) is 0 Å². The second-order valence-electron chi connectivity index (χ2n) is 9.61. The van der Waals surface area contributed by atoms with E-state index in [0.29, 0.717) is 12.0 Å². The second kappa shape index (κ2) is 10.5. The van der Waals surface area contributed by atoms with E-state index in [1.54, 1.807) is 6.33 Å². The Hall–Kier alpha value is -2.03. The van der Waals surface area contributed by atoms with E-state index >= 15 is 0 Å². The van der Waals surface area contributed by atoms with Crippen LogP contribution in [0.1, 0.15) is 54.8 Å². The van der Waals surface area contributed by atoms with E-state index in [1.807, 2.05) is 18.7 Å². The Kier molecular flexibility index (Phi) is 7.66. The first kappa shape index (κ1) is 24.1. The normalized spacial score (nSPS) is 20.4. The van der Waals surface area contributed by atoms with Crippen LogP contribution >= 0.6 is 11.3 Å². The van der Waals surface area contributed by atoms with E-state index in [1.165, 1.54) is 11.3 Å². The molecule has 8 heteroatoms. The number of carbonyl (C=O) groups is 1. The number of anilines is 1. The molecule has 2 aliphatic heterocycles. The number of carbonyl (C=O) groups excluding carboxylic acids is 1. The number of aliphatic hydroxyl groups is 1. The molecule has 1 N–H and O–H groups in total. The van der Waals surface area contributed by atoms with Crippen LogP contribution in [0.5, 0.6) is 0 Å². The standard InChI is InChI=1S/C25H37N5O2S/c1-5-28(13-17(2)3)23-21-18(4)22(33-24(21)27-16-26-23)25(32)29-11-8-20(9-12-29)30-10-6-7-19(14-30)15-31/h16,19-20,31H,2,5-15H2,1,3-4H3. The molecule has 0 aromatic carbocycles. The molecule has 2 fully saturated rings. The summed E-state index contributed by atoms with van der Waals surface area (Å²) in [6.07, 6.45) is 5.89. The quantitative estimate of drug-likeness (QED) is 0.621. The molecule has 2 saturated heterocycles. The zero-order valence-electron chi connectivity index (χ0n) is 20.2. The average molecular weight is 472 g/mol. The van der Waals surface area contributed by atoms with Gasteiger partial charge >= 0.3 is 0 Å². The number of nitrogens with zero attached hydrogens (tertiary/aromatic N) is 5. The fraction of sp³-hybridized carbons (Fsp3) is 0.640. The van der Waals surface area contributed by atoms with Crippen LogP contribution in [-0.2, 0) is 0 Å². The van der Waals surface area contributed by atoms with Gasteiger partial charge in [0.15, 0.2) is 0 Å². The maximum absolute atomic E-state index is 13.5. The first-order chi connectivity index (χ1) is 15.9. The van der Waals surface area contributed by atoms with E-state index < -0.39 is 0 Å². The molecule has 2 aliphatic rings. The van der Waals surface area contributed by atoms with Gasteiger partial charge in [-0.25, -0.2) is 9.97 Å². The number of amides is 1. The van der Waals surface area contributed by atoms with Crippen LogP contribution < -0.4 is 4.90 Å². The lowest BCUT2D eigenvalue weighted by Gasteiger charge is -2.42. The van der Waals surface area contributed by atoms with Crippen molar-refractivity contribution in [2.45, 2.75) is 52.5 Å². The summed E-state index contributed by atoms with van der Waals surface area (Å²) in [6, 6.07) is 0.518. The zero-order chi connectivity index (χ0) is 23.5. The molecule has 1 unspecified atom stereocenters. The topological polar surface area (TPSA) is 72.8 Å². The molecule has 0 bridgehead atoms. The van der Waals surface area contributed by atoms with Gasteiger partial charge in [0, 0.05) is 45.4 Å². The predicted molar refractivity (Wildman–Crippen MR) is 135 cm³/mol. The third-order valence-corrected chi connectivity index (χ3v) is 8.31. The molecule has 1 amide bonds. The molecule has 2 aromatic heterocycles. The summed E-state index contributed by atoms with van der Waals surface area (Å²) in [7, 11) is 0. The molecule has 0 aliphatic carbocycles. The average Bonchev–Trinajstić information content (AvgIpc) is 3.18. The third-order valence-electron chi connectivity index (χ3n) is 7.12. The molecule has 1 atom stereocenters. The number of likely N-dealkylation sites (tertiary alicyclic amines) is 2. The molecule has 2 aromatic rings. The van der Waals surface area contributed by atoms with Crippen molar-refractivity contribution in [1.29, 1.82) is 0 Å². The summed E-state index contributed by atoms with van der Waals surface area (Å²) in [6.45, 7) is 15.7. The predicted octanol–water partition coefficient (Wildman–Crippen LogP) is 3.71. The Morgan fingerprint density at radius 2 is 2.03 bits per heavy atom. The number of rotatable bonds is 7. The second-order valence-corrected chi connectivity index (χ2v) is 10.6. The van der Waals surface area contributed by atoms with Crippen LogP contribution in [0.4, 0.5) is 5.82 Å². The Morgan fingerprint density at radius 1 is 1.27 bits per heavy atom. The number of fused-ring (bicyclic) bond motifs is 1. The van der Waals surface area contributed by atoms with Crippen molar-refractivity contribution in [1.82, 2.24) is 19.8 Å². The fourth-order valence-corrected chi connectivity index (χ4v) is 6.43. The Bertz CT molecular complexity index is 998. The molecule has 0 spiro atoms. The van der Waals surface area contributed by atoms with E-state index in [9.17, 15) is 9.90 Å². The Morgan fingerprint density at radius 3 is 2.70 bits per heavy atom. The smallest absolute Gasteiger partial charge is 0.264 e. The van der Waals surface area contributed by atoms with Crippen molar-refractivity contribution in [2.24, 2.45) is 5.92 Å². The first-order valence-corrected chi connectivity index (χ1v) is 13.0. The number of aliphatic hydroxyl groups excluding tert-OH is 1. The minimum absolute atomic E-state index is 0.120. The van der Waals surface area contributed by atoms with Gasteiger partial charge in [-0.15, -0.1) is 11.3 Å². The van der Waals surface area contributed by atoms with Gasteiger partial charge in [0.1, 0.15) is 17.0 Å². The van der Waals surface area contributed by atoms with E-state index in [2.05, 4.69) is 33.3 Å². The third kappa shape index (κ3) is 5.08. The molecule has 4 rings (SSSR count). The van der Waals surface area contributed by atoms with Gasteiger partial charge in [0.25, 0.3) is 5.91 Å². The van der Waals surface area contributed by atoms with Crippen LogP contribution in [0.2, 0.25) is 0 Å². The van der Waals surface area contributed by atoms with Crippen molar-refractivity contribution in [3.63, 3.8) is 0 Å². The van der Waals surface area contributed by atoms with Gasteiger partial charge in [-0.2, -0.15) is 0 Å². The minimum Gasteiger partial charge on any atom is -0.396 e. The molecule has 4 heterocycles.